The molecule has 0 bridgehead atoms. The minimum atomic E-state index is -2.80. The molecule has 0 aromatic rings. The lowest BCUT2D eigenvalue weighted by Gasteiger charge is -2.21. The fraction of sp³-hybridized carbons (Fsp3) is 0.929. The average Bonchev–Trinajstić information content (AvgIpc) is 3.09. The molecule has 124 valence electrons. The second-order valence-electron chi connectivity index (χ2n) is 6.55. The van der Waals surface area contributed by atoms with Crippen molar-refractivity contribution in [3.63, 3.8) is 0 Å². The summed E-state index contributed by atoms with van der Waals surface area (Å²) in [5.74, 6) is 2.19. The molecule has 5 nitrogen and oxygen atoms in total. The quantitative estimate of drug-likeness (QED) is 0.397. The lowest BCUT2D eigenvalue weighted by molar-refractivity contribution is 0.479. The molecule has 2 rings (SSSR count). The van der Waals surface area contributed by atoms with E-state index in [-0.39, 0.29) is 29.9 Å². The van der Waals surface area contributed by atoms with Crippen LogP contribution in [0.4, 0.5) is 0 Å². The van der Waals surface area contributed by atoms with Gasteiger partial charge in [0.1, 0.15) is 0 Å². The predicted octanol–water partition coefficient (Wildman–Crippen LogP) is 1.78. The third kappa shape index (κ3) is 6.71. The third-order valence-corrected chi connectivity index (χ3v) is 5.95. The van der Waals surface area contributed by atoms with Gasteiger partial charge in [0.15, 0.2) is 15.8 Å². The van der Waals surface area contributed by atoms with Gasteiger partial charge in [-0.2, -0.15) is 0 Å². The fourth-order valence-electron chi connectivity index (χ4n) is 2.17. The van der Waals surface area contributed by atoms with E-state index in [9.17, 15) is 8.42 Å². The molecule has 1 heterocycles. The summed E-state index contributed by atoms with van der Waals surface area (Å²) in [6, 6.07) is 0.903. The topological polar surface area (TPSA) is 70.6 Å². The largest absolute Gasteiger partial charge is 0.354 e. The van der Waals surface area contributed by atoms with E-state index in [0.717, 1.165) is 12.4 Å². The molecule has 2 unspecified atom stereocenters. The van der Waals surface area contributed by atoms with Crippen molar-refractivity contribution in [1.82, 2.24) is 10.6 Å². The molecule has 2 atom stereocenters. The molecule has 2 aliphatic rings. The molecule has 0 radical (unpaired) electrons. The zero-order valence-corrected chi connectivity index (χ0v) is 16.3. The van der Waals surface area contributed by atoms with E-state index < -0.39 is 9.84 Å². The van der Waals surface area contributed by atoms with Crippen molar-refractivity contribution in [3.8, 4) is 0 Å². The minimum absolute atomic E-state index is 0. The summed E-state index contributed by atoms with van der Waals surface area (Å²) in [5.41, 5.74) is 0. The molecule has 2 fully saturated rings. The Labute approximate surface area is 145 Å². The molecule has 7 heteroatoms. The van der Waals surface area contributed by atoms with Crippen LogP contribution in [0, 0.1) is 11.8 Å². The van der Waals surface area contributed by atoms with Crippen molar-refractivity contribution < 1.29 is 8.42 Å². The van der Waals surface area contributed by atoms with Gasteiger partial charge >= 0.3 is 0 Å². The van der Waals surface area contributed by atoms with E-state index in [1.54, 1.807) is 0 Å². The van der Waals surface area contributed by atoms with Crippen LogP contribution >= 0.6 is 24.0 Å². The molecule has 0 spiro atoms. The van der Waals surface area contributed by atoms with Gasteiger partial charge < -0.3 is 10.6 Å². The summed E-state index contributed by atoms with van der Waals surface area (Å²) < 4.78 is 22.9. The first-order valence-electron chi connectivity index (χ1n) is 7.63. The van der Waals surface area contributed by atoms with Crippen LogP contribution in [0.2, 0.25) is 0 Å². The zero-order chi connectivity index (χ0) is 14.8. The first-order chi connectivity index (χ1) is 9.35. The van der Waals surface area contributed by atoms with Crippen molar-refractivity contribution in [3.05, 3.63) is 0 Å². The molecular weight excluding hydrogens is 401 g/mol. The van der Waals surface area contributed by atoms with E-state index in [1.165, 1.54) is 12.8 Å². The van der Waals surface area contributed by atoms with Gasteiger partial charge in [-0.05, 0) is 38.0 Å². The van der Waals surface area contributed by atoms with Crippen molar-refractivity contribution in [2.75, 3.05) is 18.1 Å². The van der Waals surface area contributed by atoms with Crippen molar-refractivity contribution in [2.24, 2.45) is 16.8 Å². The number of rotatable bonds is 5. The maximum atomic E-state index is 11.5. The average molecular weight is 429 g/mol. The molecule has 1 saturated heterocycles. The SMILES string of the molecule is CC(C)C(C)NC(=NCC1CCS(=O)(=O)C1)NC1CC1.I. The maximum absolute atomic E-state index is 11.5. The van der Waals surface area contributed by atoms with Crippen molar-refractivity contribution >= 4 is 39.8 Å². The van der Waals surface area contributed by atoms with Gasteiger partial charge in [0, 0.05) is 18.6 Å². The Kier molecular flexibility index (Phi) is 7.23. The normalized spacial score (nSPS) is 26.3. The number of nitrogens with one attached hydrogen (secondary N) is 2. The summed E-state index contributed by atoms with van der Waals surface area (Å²) >= 11 is 0. The lowest BCUT2D eigenvalue weighted by Crippen LogP contribution is -2.45. The van der Waals surface area contributed by atoms with E-state index in [4.69, 9.17) is 0 Å². The predicted molar refractivity (Wildman–Crippen MR) is 98.1 cm³/mol. The molecule has 1 aliphatic carbocycles. The van der Waals surface area contributed by atoms with Gasteiger partial charge in [-0.25, -0.2) is 8.42 Å². The van der Waals surface area contributed by atoms with Crippen LogP contribution in [0.25, 0.3) is 0 Å². The molecule has 0 aromatic heterocycles. The highest BCUT2D eigenvalue weighted by molar-refractivity contribution is 14.0. The Bertz CT molecular complexity index is 461. The van der Waals surface area contributed by atoms with Crippen LogP contribution in [0.1, 0.15) is 40.0 Å². The molecule has 2 N–H and O–H groups in total. The molecule has 21 heavy (non-hydrogen) atoms. The van der Waals surface area contributed by atoms with Gasteiger partial charge in [0.05, 0.1) is 11.5 Å². The Hall–Kier alpha value is -0.0500. The van der Waals surface area contributed by atoms with Crippen LogP contribution in [-0.2, 0) is 9.84 Å². The number of sulfone groups is 1. The first-order valence-corrected chi connectivity index (χ1v) is 9.46. The van der Waals surface area contributed by atoms with Gasteiger partial charge in [0.25, 0.3) is 0 Å². The van der Waals surface area contributed by atoms with E-state index in [2.05, 4.69) is 36.4 Å². The highest BCUT2D eigenvalue weighted by Crippen LogP contribution is 2.20. The van der Waals surface area contributed by atoms with E-state index in [1.807, 2.05) is 0 Å². The van der Waals surface area contributed by atoms with Gasteiger partial charge in [-0.15, -0.1) is 24.0 Å². The Balaban J connectivity index is 0.00000220. The number of aliphatic imine (C=N–C) groups is 1. The lowest BCUT2D eigenvalue weighted by atomic mass is 10.1. The third-order valence-electron chi connectivity index (χ3n) is 4.12. The highest BCUT2D eigenvalue weighted by Gasteiger charge is 2.28. The first kappa shape index (κ1) is 19.0. The smallest absolute Gasteiger partial charge is 0.191 e. The van der Waals surface area contributed by atoms with Crippen LogP contribution in [0.5, 0.6) is 0 Å². The van der Waals surface area contributed by atoms with Crippen LogP contribution in [0.15, 0.2) is 4.99 Å². The number of nitrogens with zero attached hydrogens (tertiary/aromatic N) is 1. The zero-order valence-electron chi connectivity index (χ0n) is 13.1. The number of halogens is 1. The Morgan fingerprint density at radius 2 is 1.90 bits per heavy atom. The summed E-state index contributed by atoms with van der Waals surface area (Å²) in [4.78, 5) is 4.60. The van der Waals surface area contributed by atoms with Crippen LogP contribution in [-0.4, -0.2) is 44.5 Å². The summed E-state index contributed by atoms with van der Waals surface area (Å²) in [6.07, 6.45) is 3.16. The summed E-state index contributed by atoms with van der Waals surface area (Å²) in [6.45, 7) is 7.10. The Morgan fingerprint density at radius 3 is 2.38 bits per heavy atom. The van der Waals surface area contributed by atoms with Crippen molar-refractivity contribution in [2.45, 2.75) is 52.1 Å². The number of hydrogen-bond donors (Lipinski definition) is 2. The molecule has 1 aliphatic heterocycles. The number of hydrogen-bond acceptors (Lipinski definition) is 3. The van der Waals surface area contributed by atoms with Gasteiger partial charge in [0.2, 0.25) is 0 Å². The van der Waals surface area contributed by atoms with E-state index >= 15 is 0 Å². The standard InChI is InChI=1S/C14H27N3O2S.HI/c1-10(2)11(3)16-14(17-13-4-5-13)15-8-12-6-7-20(18,19)9-12;/h10-13H,4-9H2,1-3H3,(H2,15,16,17);1H. The van der Waals surface area contributed by atoms with Crippen LogP contribution in [0.3, 0.4) is 0 Å². The van der Waals surface area contributed by atoms with Crippen molar-refractivity contribution in [1.29, 1.82) is 0 Å². The maximum Gasteiger partial charge on any atom is 0.191 e. The molecule has 0 amide bonds. The number of guanidine groups is 1. The summed E-state index contributed by atoms with van der Waals surface area (Å²) in [5, 5.41) is 6.83. The molecule has 1 saturated carbocycles. The monoisotopic (exact) mass is 429 g/mol. The second-order valence-corrected chi connectivity index (χ2v) is 8.78. The minimum Gasteiger partial charge on any atom is -0.354 e. The van der Waals surface area contributed by atoms with Crippen LogP contribution < -0.4 is 10.6 Å². The molecular formula is C14H28IN3O2S. The fourth-order valence-corrected chi connectivity index (χ4v) is 4.02. The highest BCUT2D eigenvalue weighted by atomic mass is 127. The molecule has 0 aromatic carbocycles. The Morgan fingerprint density at radius 1 is 1.24 bits per heavy atom. The van der Waals surface area contributed by atoms with E-state index in [0.29, 0.717) is 36.1 Å². The summed E-state index contributed by atoms with van der Waals surface area (Å²) in [7, 11) is -2.80. The van der Waals surface area contributed by atoms with Gasteiger partial charge in [-0.3, -0.25) is 4.99 Å². The second kappa shape index (κ2) is 7.99. The van der Waals surface area contributed by atoms with Gasteiger partial charge in [-0.1, -0.05) is 13.8 Å².